The van der Waals surface area contributed by atoms with E-state index in [0.717, 1.165) is 19.6 Å². The fourth-order valence-electron chi connectivity index (χ4n) is 1.72. The van der Waals surface area contributed by atoms with E-state index in [2.05, 4.69) is 0 Å². The molecule has 0 radical (unpaired) electrons. The first kappa shape index (κ1) is 11.2. The highest BCUT2D eigenvalue weighted by Crippen LogP contribution is 2.26. The molecule has 3 nitrogen and oxygen atoms in total. The van der Waals surface area contributed by atoms with Crippen LogP contribution in [0.4, 0.5) is 10.1 Å². The Bertz CT molecular complexity index is 376. The minimum atomic E-state index is -0.297. The van der Waals surface area contributed by atoms with Gasteiger partial charge < -0.3 is 15.2 Å². The van der Waals surface area contributed by atoms with E-state index in [0.29, 0.717) is 29.5 Å². The summed E-state index contributed by atoms with van der Waals surface area (Å²) in [6, 6.07) is 2.94. The van der Waals surface area contributed by atoms with E-state index in [1.54, 1.807) is 13.0 Å². The van der Waals surface area contributed by atoms with E-state index < -0.39 is 0 Å². The molecule has 0 aromatic heterocycles. The summed E-state index contributed by atoms with van der Waals surface area (Å²) in [6.45, 7) is 3.81. The van der Waals surface area contributed by atoms with Gasteiger partial charge in [-0.3, -0.25) is 0 Å². The van der Waals surface area contributed by atoms with Gasteiger partial charge in [0.2, 0.25) is 0 Å². The second kappa shape index (κ2) is 4.70. The Balaban J connectivity index is 2.00. The molecule has 1 aliphatic heterocycles. The minimum absolute atomic E-state index is 0.297. The Kier molecular flexibility index (Phi) is 3.29. The molecule has 4 heteroatoms. The van der Waals surface area contributed by atoms with Crippen molar-refractivity contribution < 1.29 is 13.9 Å². The molecular weight excluding hydrogens is 209 g/mol. The van der Waals surface area contributed by atoms with Crippen LogP contribution in [0.25, 0.3) is 0 Å². The average Bonchev–Trinajstić information content (AvgIpc) is 2.74. The number of aryl methyl sites for hydroxylation is 1. The first-order chi connectivity index (χ1) is 7.66. The van der Waals surface area contributed by atoms with Gasteiger partial charge in [-0.2, -0.15) is 0 Å². The number of nitrogens with two attached hydrogens (primary N) is 1. The summed E-state index contributed by atoms with van der Waals surface area (Å²) in [4.78, 5) is 0. The second-order valence-electron chi connectivity index (χ2n) is 4.18. The van der Waals surface area contributed by atoms with Crippen LogP contribution in [0.3, 0.4) is 0 Å². The van der Waals surface area contributed by atoms with Gasteiger partial charge in [0.15, 0.2) is 0 Å². The third-order valence-electron chi connectivity index (χ3n) is 2.79. The van der Waals surface area contributed by atoms with Gasteiger partial charge in [0, 0.05) is 18.6 Å². The molecular formula is C12H16FNO2. The van der Waals surface area contributed by atoms with Gasteiger partial charge in [-0.25, -0.2) is 4.39 Å². The zero-order valence-electron chi connectivity index (χ0n) is 9.33. The van der Waals surface area contributed by atoms with E-state index in [1.807, 2.05) is 0 Å². The van der Waals surface area contributed by atoms with Gasteiger partial charge in [-0.05, 0) is 25.0 Å². The Morgan fingerprint density at radius 2 is 2.38 bits per heavy atom. The van der Waals surface area contributed by atoms with Crippen LogP contribution in [0.1, 0.15) is 12.0 Å². The molecule has 0 aliphatic carbocycles. The van der Waals surface area contributed by atoms with E-state index in [1.165, 1.54) is 6.07 Å². The van der Waals surface area contributed by atoms with Crippen LogP contribution in [-0.4, -0.2) is 19.8 Å². The first-order valence-electron chi connectivity index (χ1n) is 5.43. The summed E-state index contributed by atoms with van der Waals surface area (Å²) >= 11 is 0. The SMILES string of the molecule is Cc1cc(OCC2CCOC2)c(N)cc1F. The van der Waals surface area contributed by atoms with Crippen LogP contribution >= 0.6 is 0 Å². The normalized spacial score (nSPS) is 20.0. The zero-order chi connectivity index (χ0) is 11.5. The molecule has 1 unspecified atom stereocenters. The molecule has 0 amide bonds. The number of hydrogen-bond donors (Lipinski definition) is 1. The molecule has 88 valence electrons. The van der Waals surface area contributed by atoms with Crippen molar-refractivity contribution in [2.24, 2.45) is 5.92 Å². The molecule has 0 bridgehead atoms. The average molecular weight is 225 g/mol. The topological polar surface area (TPSA) is 44.5 Å². The molecule has 0 spiro atoms. The standard InChI is InChI=1S/C12H16FNO2/c1-8-4-12(11(14)5-10(8)13)16-7-9-2-3-15-6-9/h4-5,9H,2-3,6-7,14H2,1H3. The van der Waals surface area contributed by atoms with Gasteiger partial charge in [0.05, 0.1) is 18.9 Å². The van der Waals surface area contributed by atoms with Crippen molar-refractivity contribution in [2.45, 2.75) is 13.3 Å². The third-order valence-corrected chi connectivity index (χ3v) is 2.79. The molecule has 16 heavy (non-hydrogen) atoms. The number of hydrogen-bond acceptors (Lipinski definition) is 3. The molecule has 1 aromatic carbocycles. The maximum atomic E-state index is 13.1. The number of rotatable bonds is 3. The van der Waals surface area contributed by atoms with Gasteiger partial charge >= 0.3 is 0 Å². The number of halogens is 1. The quantitative estimate of drug-likeness (QED) is 0.801. The summed E-state index contributed by atoms with van der Waals surface area (Å²) in [5.41, 5.74) is 6.58. The predicted octanol–water partition coefficient (Wildman–Crippen LogP) is 2.13. The molecule has 1 aliphatic rings. The van der Waals surface area contributed by atoms with Crippen LogP contribution in [0, 0.1) is 18.7 Å². The Morgan fingerprint density at radius 3 is 3.06 bits per heavy atom. The molecule has 2 rings (SSSR count). The van der Waals surface area contributed by atoms with Crippen LogP contribution in [-0.2, 0) is 4.74 Å². The van der Waals surface area contributed by atoms with Gasteiger partial charge in [-0.15, -0.1) is 0 Å². The van der Waals surface area contributed by atoms with Gasteiger partial charge in [-0.1, -0.05) is 0 Å². The molecule has 1 heterocycles. The van der Waals surface area contributed by atoms with Crippen LogP contribution in [0.2, 0.25) is 0 Å². The lowest BCUT2D eigenvalue weighted by atomic mass is 10.1. The molecule has 1 atom stereocenters. The second-order valence-corrected chi connectivity index (χ2v) is 4.18. The maximum absolute atomic E-state index is 13.1. The summed E-state index contributed by atoms with van der Waals surface area (Å²) in [7, 11) is 0. The summed E-state index contributed by atoms with van der Waals surface area (Å²) < 4.78 is 24.0. The number of nitrogen functional groups attached to an aromatic ring is 1. The van der Waals surface area contributed by atoms with Crippen molar-refractivity contribution in [3.8, 4) is 5.75 Å². The highest BCUT2D eigenvalue weighted by Gasteiger charge is 2.17. The fraction of sp³-hybridized carbons (Fsp3) is 0.500. The Labute approximate surface area is 94.3 Å². The van der Waals surface area contributed by atoms with Crippen molar-refractivity contribution in [1.29, 1.82) is 0 Å². The summed E-state index contributed by atoms with van der Waals surface area (Å²) in [5.74, 6) is 0.685. The lowest BCUT2D eigenvalue weighted by Gasteiger charge is -2.13. The number of ether oxygens (including phenoxy) is 2. The summed E-state index contributed by atoms with van der Waals surface area (Å²) in [6.07, 6.45) is 1.01. The highest BCUT2D eigenvalue weighted by molar-refractivity contribution is 5.54. The fourth-order valence-corrected chi connectivity index (χ4v) is 1.72. The molecule has 1 aromatic rings. The molecule has 1 saturated heterocycles. The van der Waals surface area contributed by atoms with Gasteiger partial charge in [0.1, 0.15) is 11.6 Å². The largest absolute Gasteiger partial charge is 0.491 e. The molecule has 0 saturated carbocycles. The van der Waals surface area contributed by atoms with Crippen molar-refractivity contribution >= 4 is 5.69 Å². The lowest BCUT2D eigenvalue weighted by Crippen LogP contribution is -2.12. The van der Waals surface area contributed by atoms with Gasteiger partial charge in [0.25, 0.3) is 0 Å². The van der Waals surface area contributed by atoms with Crippen LogP contribution in [0.15, 0.2) is 12.1 Å². The molecule has 2 N–H and O–H groups in total. The van der Waals surface area contributed by atoms with E-state index in [4.69, 9.17) is 15.2 Å². The van der Waals surface area contributed by atoms with E-state index >= 15 is 0 Å². The smallest absolute Gasteiger partial charge is 0.142 e. The third kappa shape index (κ3) is 2.44. The van der Waals surface area contributed by atoms with Crippen molar-refractivity contribution in [2.75, 3.05) is 25.6 Å². The highest BCUT2D eigenvalue weighted by atomic mass is 19.1. The maximum Gasteiger partial charge on any atom is 0.142 e. The van der Waals surface area contributed by atoms with E-state index in [9.17, 15) is 4.39 Å². The van der Waals surface area contributed by atoms with Crippen molar-refractivity contribution in [3.05, 3.63) is 23.5 Å². The summed E-state index contributed by atoms with van der Waals surface area (Å²) in [5, 5.41) is 0. The predicted molar refractivity (Wildman–Crippen MR) is 60.0 cm³/mol. The van der Waals surface area contributed by atoms with E-state index in [-0.39, 0.29) is 5.82 Å². The van der Waals surface area contributed by atoms with Crippen molar-refractivity contribution in [3.63, 3.8) is 0 Å². The number of benzene rings is 1. The molecule has 1 fully saturated rings. The van der Waals surface area contributed by atoms with Crippen molar-refractivity contribution in [1.82, 2.24) is 0 Å². The minimum Gasteiger partial charge on any atom is -0.491 e. The van der Waals surface area contributed by atoms with Crippen LogP contribution < -0.4 is 10.5 Å². The Morgan fingerprint density at radius 1 is 1.56 bits per heavy atom. The lowest BCUT2D eigenvalue weighted by molar-refractivity contribution is 0.167. The monoisotopic (exact) mass is 225 g/mol. The first-order valence-corrected chi connectivity index (χ1v) is 5.43. The Hall–Kier alpha value is -1.29. The number of anilines is 1. The zero-order valence-corrected chi connectivity index (χ0v) is 9.33. The van der Waals surface area contributed by atoms with Crippen LogP contribution in [0.5, 0.6) is 5.75 Å².